The summed E-state index contributed by atoms with van der Waals surface area (Å²) in [6.45, 7) is 1.43. The van der Waals surface area contributed by atoms with E-state index in [9.17, 15) is 4.79 Å². The van der Waals surface area contributed by atoms with Crippen molar-refractivity contribution < 1.29 is 13.6 Å². The molecule has 0 aliphatic rings. The average Bonchev–Trinajstić information content (AvgIpc) is 3.90. The van der Waals surface area contributed by atoms with E-state index < -0.39 is 0 Å². The van der Waals surface area contributed by atoms with E-state index in [1.54, 1.807) is 37.1 Å². The predicted molar refractivity (Wildman–Crippen MR) is 164 cm³/mol. The van der Waals surface area contributed by atoms with Crippen LogP contribution in [-0.4, -0.2) is 56.2 Å². The van der Waals surface area contributed by atoms with Crippen molar-refractivity contribution in [3.63, 3.8) is 0 Å². The molecule has 0 atom stereocenters. The molecule has 0 spiro atoms. The first kappa shape index (κ1) is 27.1. The fourth-order valence-electron chi connectivity index (χ4n) is 4.66. The molecule has 45 heavy (non-hydrogen) atoms. The number of aromatic amines is 2. The maximum atomic E-state index is 11.3. The van der Waals surface area contributed by atoms with Gasteiger partial charge in [-0.05, 0) is 48.5 Å². The number of rotatable bonds is 5. The van der Waals surface area contributed by atoms with Gasteiger partial charge in [0.1, 0.15) is 29.9 Å². The molecule has 15 heteroatoms. The van der Waals surface area contributed by atoms with Gasteiger partial charge in [0, 0.05) is 30.4 Å². The van der Waals surface area contributed by atoms with Crippen molar-refractivity contribution in [2.45, 2.75) is 6.92 Å². The van der Waals surface area contributed by atoms with E-state index in [-0.39, 0.29) is 5.91 Å². The van der Waals surface area contributed by atoms with Gasteiger partial charge in [0.05, 0.1) is 34.7 Å². The average molecular weight is 599 g/mol. The topological polar surface area (TPSA) is 216 Å². The molecule has 0 unspecified atom stereocenters. The number of hydrogen-bond donors (Lipinski definition) is 4. The van der Waals surface area contributed by atoms with Crippen molar-refractivity contribution in [1.82, 2.24) is 50.3 Å². The first-order chi connectivity index (χ1) is 22.0. The van der Waals surface area contributed by atoms with E-state index in [2.05, 4.69) is 55.6 Å². The van der Waals surface area contributed by atoms with Crippen molar-refractivity contribution in [3.8, 4) is 45.4 Å². The number of nitrogens with two attached hydrogens (primary N) is 1. The summed E-state index contributed by atoms with van der Waals surface area (Å²) in [7, 11) is 0. The molecule has 8 aromatic rings. The van der Waals surface area contributed by atoms with Crippen molar-refractivity contribution in [3.05, 3.63) is 86.1 Å². The molecule has 0 saturated heterocycles. The van der Waals surface area contributed by atoms with E-state index in [4.69, 9.17) is 14.6 Å². The fraction of sp³-hybridized carbons (Fsp3) is 0.0333. The molecule has 8 aromatic heterocycles. The number of H-pyrrole nitrogens is 2. The standard InChI is InChI=1S/C16H12N6O2.C14H10N6O/c1-9(23)19-15-11-7-10(12-4-5-17-8-18-12)14(13-3-2-6-24-13)20-16(11)22-21-15;15-13-9-6-8(10-3-4-16-7-17-10)12(11-2-1-5-21-11)18-14(9)20-19-13/h2-8H,1H3,(H2,19,20,21,22,23);1-7H,(H3,15,18,19,20). The van der Waals surface area contributed by atoms with E-state index >= 15 is 0 Å². The minimum Gasteiger partial charge on any atom is -0.463 e. The Labute approximate surface area is 253 Å². The molecule has 5 N–H and O–H groups in total. The number of carbonyl (C=O) groups excluding carboxylic acids is 1. The zero-order valence-electron chi connectivity index (χ0n) is 23.5. The van der Waals surface area contributed by atoms with Gasteiger partial charge in [0.15, 0.2) is 28.6 Å². The summed E-state index contributed by atoms with van der Waals surface area (Å²) < 4.78 is 11.0. The number of fused-ring (bicyclic) bond motifs is 2. The third kappa shape index (κ3) is 5.32. The van der Waals surface area contributed by atoms with Gasteiger partial charge < -0.3 is 19.9 Å². The molecule has 0 aliphatic carbocycles. The van der Waals surface area contributed by atoms with Gasteiger partial charge in [-0.1, -0.05) is 0 Å². The van der Waals surface area contributed by atoms with Crippen LogP contribution in [0.3, 0.4) is 0 Å². The van der Waals surface area contributed by atoms with E-state index in [0.717, 1.165) is 22.2 Å². The summed E-state index contributed by atoms with van der Waals surface area (Å²) in [5, 5.41) is 17.9. The quantitative estimate of drug-likeness (QED) is 0.208. The molecular formula is C30H22N12O3. The molecule has 15 nitrogen and oxygen atoms in total. The molecule has 0 fully saturated rings. The number of aromatic nitrogens is 10. The summed E-state index contributed by atoms with van der Waals surface area (Å²) in [4.78, 5) is 36.9. The molecule has 0 radical (unpaired) electrons. The van der Waals surface area contributed by atoms with Crippen LogP contribution in [0.2, 0.25) is 0 Å². The molecule has 8 heterocycles. The van der Waals surface area contributed by atoms with Crippen LogP contribution in [0, 0.1) is 0 Å². The number of nitrogens with zero attached hydrogens (tertiary/aromatic N) is 8. The minimum absolute atomic E-state index is 0.206. The summed E-state index contributed by atoms with van der Waals surface area (Å²) >= 11 is 0. The van der Waals surface area contributed by atoms with Crippen LogP contribution in [0.15, 0.2) is 94.9 Å². The molecule has 1 amide bonds. The second-order valence-electron chi connectivity index (χ2n) is 9.57. The maximum Gasteiger partial charge on any atom is 0.222 e. The summed E-state index contributed by atoms with van der Waals surface area (Å²) in [6.07, 6.45) is 9.48. The van der Waals surface area contributed by atoms with Crippen molar-refractivity contribution in [2.75, 3.05) is 11.1 Å². The molecule has 8 rings (SSSR count). The highest BCUT2D eigenvalue weighted by molar-refractivity contribution is 6.00. The number of furan rings is 2. The van der Waals surface area contributed by atoms with Crippen LogP contribution in [0.1, 0.15) is 6.92 Å². The van der Waals surface area contributed by atoms with Gasteiger partial charge in [0.25, 0.3) is 0 Å². The molecule has 0 aliphatic heterocycles. The third-order valence-corrected chi connectivity index (χ3v) is 6.65. The van der Waals surface area contributed by atoms with Crippen LogP contribution in [0.4, 0.5) is 11.6 Å². The van der Waals surface area contributed by atoms with E-state index in [1.807, 2.05) is 36.4 Å². The highest BCUT2D eigenvalue weighted by atomic mass is 16.3. The van der Waals surface area contributed by atoms with Gasteiger partial charge >= 0.3 is 0 Å². The largest absolute Gasteiger partial charge is 0.463 e. The number of pyridine rings is 2. The first-order valence-corrected chi connectivity index (χ1v) is 13.5. The Bertz CT molecular complexity index is 2230. The lowest BCUT2D eigenvalue weighted by atomic mass is 10.1. The Balaban J connectivity index is 0.000000146. The second kappa shape index (κ2) is 11.5. The first-order valence-electron chi connectivity index (χ1n) is 13.5. The number of carbonyl (C=O) groups is 1. The normalized spacial score (nSPS) is 11.0. The lowest BCUT2D eigenvalue weighted by Gasteiger charge is -2.07. The van der Waals surface area contributed by atoms with Gasteiger partial charge in [-0.15, -0.1) is 0 Å². The predicted octanol–water partition coefficient (Wildman–Crippen LogP) is 4.89. The molecular weight excluding hydrogens is 576 g/mol. The number of amides is 1. The van der Waals surface area contributed by atoms with Crippen LogP contribution in [0.5, 0.6) is 0 Å². The Morgan fingerprint density at radius 3 is 1.98 bits per heavy atom. The number of anilines is 2. The summed E-state index contributed by atoms with van der Waals surface area (Å²) in [5.41, 5.74) is 11.3. The summed E-state index contributed by atoms with van der Waals surface area (Å²) in [6, 6.07) is 14.6. The Hall–Kier alpha value is -6.77. The summed E-state index contributed by atoms with van der Waals surface area (Å²) in [5.74, 6) is 1.94. The SMILES string of the molecule is CC(=O)Nc1n[nH]c2nc(-c3ccco3)c(-c3ccncn3)cc12.Nc1[nH]nc2nc(-c3ccco3)c(-c3ccncn3)cc12. The molecule has 0 aromatic carbocycles. The fourth-order valence-corrected chi connectivity index (χ4v) is 4.66. The third-order valence-electron chi connectivity index (χ3n) is 6.65. The van der Waals surface area contributed by atoms with Crippen LogP contribution in [-0.2, 0) is 4.79 Å². The lowest BCUT2D eigenvalue weighted by molar-refractivity contribution is -0.114. The van der Waals surface area contributed by atoms with Crippen molar-refractivity contribution in [2.24, 2.45) is 0 Å². The Kier molecular flexibility index (Phi) is 6.91. The molecule has 220 valence electrons. The van der Waals surface area contributed by atoms with Gasteiger partial charge in [0.2, 0.25) is 5.91 Å². The van der Waals surface area contributed by atoms with Crippen LogP contribution < -0.4 is 11.1 Å². The van der Waals surface area contributed by atoms with Gasteiger partial charge in [-0.25, -0.2) is 29.9 Å². The zero-order valence-corrected chi connectivity index (χ0v) is 23.5. The Morgan fingerprint density at radius 2 is 1.42 bits per heavy atom. The number of hydrogen-bond acceptors (Lipinski definition) is 12. The maximum absolute atomic E-state index is 11.3. The zero-order chi connectivity index (χ0) is 30.8. The van der Waals surface area contributed by atoms with E-state index in [0.29, 0.717) is 56.9 Å². The number of nitrogen functional groups attached to an aromatic ring is 1. The highest BCUT2D eigenvalue weighted by Gasteiger charge is 2.19. The van der Waals surface area contributed by atoms with Gasteiger partial charge in [-0.3, -0.25) is 15.0 Å². The van der Waals surface area contributed by atoms with E-state index in [1.165, 1.54) is 19.6 Å². The van der Waals surface area contributed by atoms with Crippen LogP contribution in [0.25, 0.3) is 67.5 Å². The molecule has 0 saturated carbocycles. The van der Waals surface area contributed by atoms with Gasteiger partial charge in [-0.2, -0.15) is 10.2 Å². The molecule has 0 bridgehead atoms. The Morgan fingerprint density at radius 1 is 0.800 bits per heavy atom. The van der Waals surface area contributed by atoms with Crippen molar-refractivity contribution in [1.29, 1.82) is 0 Å². The highest BCUT2D eigenvalue weighted by Crippen LogP contribution is 2.35. The van der Waals surface area contributed by atoms with Crippen LogP contribution >= 0.6 is 0 Å². The lowest BCUT2D eigenvalue weighted by Crippen LogP contribution is -2.06. The monoisotopic (exact) mass is 598 g/mol. The smallest absolute Gasteiger partial charge is 0.222 e. The number of nitrogens with one attached hydrogen (secondary N) is 3. The second-order valence-corrected chi connectivity index (χ2v) is 9.57. The minimum atomic E-state index is -0.206. The van der Waals surface area contributed by atoms with Crippen molar-refractivity contribution >= 4 is 39.6 Å².